The van der Waals surface area contributed by atoms with Crippen molar-refractivity contribution in [3.05, 3.63) is 76.7 Å². The smallest absolute Gasteiger partial charge is 0.251 e. The second-order valence-electron chi connectivity index (χ2n) is 6.44. The fourth-order valence-electron chi connectivity index (χ4n) is 2.91. The molecule has 0 bridgehead atoms. The first-order valence-corrected chi connectivity index (χ1v) is 9.13. The summed E-state index contributed by atoms with van der Waals surface area (Å²) in [5.41, 5.74) is 3.34. The summed E-state index contributed by atoms with van der Waals surface area (Å²) < 4.78 is 16.3. The number of rotatable bonds is 8. The third-order valence-corrected chi connectivity index (χ3v) is 4.53. The van der Waals surface area contributed by atoms with Crippen LogP contribution in [0.15, 0.2) is 53.1 Å². The lowest BCUT2D eigenvalue weighted by Gasteiger charge is -2.10. The molecule has 1 amide bonds. The zero-order valence-corrected chi connectivity index (χ0v) is 16.3. The molecule has 3 rings (SSSR count). The summed E-state index contributed by atoms with van der Waals surface area (Å²) in [6.07, 6.45) is 0.692. The minimum atomic E-state index is -0.141. The second kappa shape index (κ2) is 9.08. The molecule has 1 aromatic heterocycles. The van der Waals surface area contributed by atoms with Crippen LogP contribution >= 0.6 is 0 Å². The number of aromatic nitrogens is 1. The van der Waals surface area contributed by atoms with Crippen LogP contribution in [0.4, 0.5) is 0 Å². The molecule has 6 heteroatoms. The normalized spacial score (nSPS) is 10.5. The maximum atomic E-state index is 12.5. The summed E-state index contributed by atoms with van der Waals surface area (Å²) in [7, 11) is 1.64. The van der Waals surface area contributed by atoms with Gasteiger partial charge in [0.2, 0.25) is 0 Å². The molecular formula is C22H24N2O4. The molecule has 0 unspecified atom stereocenters. The van der Waals surface area contributed by atoms with Crippen molar-refractivity contribution in [1.29, 1.82) is 0 Å². The predicted octanol–water partition coefficient (Wildman–Crippen LogP) is 3.85. The summed E-state index contributed by atoms with van der Waals surface area (Å²) >= 11 is 0. The maximum absolute atomic E-state index is 12.5. The quantitative estimate of drug-likeness (QED) is 0.642. The van der Waals surface area contributed by atoms with E-state index < -0.39 is 0 Å². The first-order chi connectivity index (χ1) is 13.6. The molecule has 1 heterocycles. The molecule has 1 N–H and O–H groups in total. The molecule has 28 heavy (non-hydrogen) atoms. The average Bonchev–Trinajstić information content (AvgIpc) is 3.04. The van der Waals surface area contributed by atoms with Gasteiger partial charge >= 0.3 is 0 Å². The molecule has 0 aliphatic rings. The number of amides is 1. The molecule has 0 aliphatic heterocycles. The molecule has 0 spiro atoms. The number of ether oxygens (including phenoxy) is 2. The van der Waals surface area contributed by atoms with Gasteiger partial charge < -0.3 is 19.3 Å². The van der Waals surface area contributed by atoms with E-state index in [0.717, 1.165) is 28.3 Å². The number of nitrogens with zero attached hydrogens (tertiary/aromatic N) is 1. The number of benzene rings is 2. The Labute approximate surface area is 164 Å². The Hall–Kier alpha value is -3.28. The van der Waals surface area contributed by atoms with Crippen molar-refractivity contribution in [3.8, 4) is 11.5 Å². The van der Waals surface area contributed by atoms with Gasteiger partial charge in [-0.15, -0.1) is 0 Å². The zero-order chi connectivity index (χ0) is 19.9. The number of para-hydroxylation sites is 1. The lowest BCUT2D eigenvalue weighted by atomic mass is 10.1. The number of aryl methyl sites for hydroxylation is 2. The lowest BCUT2D eigenvalue weighted by Crippen LogP contribution is -2.25. The minimum Gasteiger partial charge on any atom is -0.496 e. The first-order valence-electron chi connectivity index (χ1n) is 9.13. The summed E-state index contributed by atoms with van der Waals surface area (Å²) in [6, 6.07) is 14.9. The van der Waals surface area contributed by atoms with Gasteiger partial charge in [0.25, 0.3) is 5.91 Å². The van der Waals surface area contributed by atoms with E-state index in [0.29, 0.717) is 30.9 Å². The molecule has 0 saturated carbocycles. The van der Waals surface area contributed by atoms with Gasteiger partial charge in [0, 0.05) is 12.1 Å². The number of carbonyl (C=O) groups excluding carboxylic acids is 1. The number of nitrogens with one attached hydrogen (secondary N) is 1. The van der Waals surface area contributed by atoms with Crippen LogP contribution in [0.1, 0.15) is 32.9 Å². The van der Waals surface area contributed by atoms with Gasteiger partial charge in [-0.25, -0.2) is 0 Å². The standard InChI is InChI=1S/C22H24N2O4/c1-15-20(16(2)28-24-15)14-27-19-9-6-8-18(13-19)22(25)23-12-11-17-7-4-5-10-21(17)26-3/h4-10,13H,11-12,14H2,1-3H3,(H,23,25). The summed E-state index contributed by atoms with van der Waals surface area (Å²) in [5, 5.41) is 6.86. The van der Waals surface area contributed by atoms with Crippen LogP contribution in [0.5, 0.6) is 11.5 Å². The van der Waals surface area contributed by atoms with Crippen molar-refractivity contribution in [2.45, 2.75) is 26.9 Å². The van der Waals surface area contributed by atoms with E-state index in [1.54, 1.807) is 25.3 Å². The number of hydrogen-bond donors (Lipinski definition) is 1. The van der Waals surface area contributed by atoms with Crippen LogP contribution in [0.2, 0.25) is 0 Å². The fourth-order valence-corrected chi connectivity index (χ4v) is 2.91. The third kappa shape index (κ3) is 4.71. The van der Waals surface area contributed by atoms with E-state index >= 15 is 0 Å². The summed E-state index contributed by atoms with van der Waals surface area (Å²) in [4.78, 5) is 12.5. The zero-order valence-electron chi connectivity index (χ0n) is 16.3. The van der Waals surface area contributed by atoms with E-state index in [1.807, 2.05) is 44.2 Å². The van der Waals surface area contributed by atoms with Gasteiger partial charge in [-0.1, -0.05) is 29.4 Å². The Morgan fingerprint density at radius 1 is 1.14 bits per heavy atom. The number of methoxy groups -OCH3 is 1. The van der Waals surface area contributed by atoms with Crippen LogP contribution < -0.4 is 14.8 Å². The third-order valence-electron chi connectivity index (χ3n) is 4.53. The topological polar surface area (TPSA) is 73.6 Å². The SMILES string of the molecule is COc1ccccc1CCNC(=O)c1cccc(OCc2c(C)noc2C)c1. The van der Waals surface area contributed by atoms with Crippen LogP contribution in [-0.4, -0.2) is 24.7 Å². The molecule has 146 valence electrons. The Bertz CT molecular complexity index is 930. The van der Waals surface area contributed by atoms with Crippen molar-refractivity contribution in [2.24, 2.45) is 0 Å². The van der Waals surface area contributed by atoms with Gasteiger partial charge in [0.1, 0.15) is 23.9 Å². The highest BCUT2D eigenvalue weighted by Crippen LogP contribution is 2.19. The van der Waals surface area contributed by atoms with Crippen LogP contribution in [0.3, 0.4) is 0 Å². The van der Waals surface area contributed by atoms with Crippen molar-refractivity contribution < 1.29 is 18.8 Å². The van der Waals surface area contributed by atoms with E-state index in [9.17, 15) is 4.79 Å². The molecule has 0 radical (unpaired) electrons. The number of carbonyl (C=O) groups is 1. The van der Waals surface area contributed by atoms with Gasteiger partial charge in [0.15, 0.2) is 0 Å². The van der Waals surface area contributed by atoms with Crippen molar-refractivity contribution in [2.75, 3.05) is 13.7 Å². The highest BCUT2D eigenvalue weighted by molar-refractivity contribution is 5.94. The molecule has 2 aromatic carbocycles. The molecule has 0 aliphatic carbocycles. The number of hydrogen-bond acceptors (Lipinski definition) is 5. The Balaban J connectivity index is 1.56. The summed E-state index contributed by atoms with van der Waals surface area (Å²) in [5.74, 6) is 2.05. The molecule has 0 atom stereocenters. The maximum Gasteiger partial charge on any atom is 0.251 e. The molecule has 6 nitrogen and oxygen atoms in total. The van der Waals surface area contributed by atoms with Crippen molar-refractivity contribution >= 4 is 5.91 Å². The van der Waals surface area contributed by atoms with E-state index in [1.165, 1.54) is 0 Å². The largest absolute Gasteiger partial charge is 0.496 e. The van der Waals surface area contributed by atoms with Gasteiger partial charge in [-0.2, -0.15) is 0 Å². The molecular weight excluding hydrogens is 356 g/mol. The lowest BCUT2D eigenvalue weighted by molar-refractivity contribution is 0.0953. The predicted molar refractivity (Wildman–Crippen MR) is 106 cm³/mol. The molecule has 0 fully saturated rings. The van der Waals surface area contributed by atoms with Crippen LogP contribution in [-0.2, 0) is 13.0 Å². The monoisotopic (exact) mass is 380 g/mol. The van der Waals surface area contributed by atoms with Gasteiger partial charge in [-0.3, -0.25) is 4.79 Å². The minimum absolute atomic E-state index is 0.141. The van der Waals surface area contributed by atoms with Gasteiger partial charge in [-0.05, 0) is 50.1 Å². The van der Waals surface area contributed by atoms with Crippen molar-refractivity contribution in [3.63, 3.8) is 0 Å². The van der Waals surface area contributed by atoms with Crippen molar-refractivity contribution in [1.82, 2.24) is 10.5 Å². The Morgan fingerprint density at radius 2 is 1.96 bits per heavy atom. The van der Waals surface area contributed by atoms with Crippen LogP contribution in [0, 0.1) is 13.8 Å². The molecule has 3 aromatic rings. The fraction of sp³-hybridized carbons (Fsp3) is 0.273. The Kier molecular flexibility index (Phi) is 6.32. The van der Waals surface area contributed by atoms with Gasteiger partial charge in [0.05, 0.1) is 18.4 Å². The van der Waals surface area contributed by atoms with E-state index in [4.69, 9.17) is 14.0 Å². The van der Waals surface area contributed by atoms with E-state index in [2.05, 4.69) is 10.5 Å². The molecule has 0 saturated heterocycles. The Morgan fingerprint density at radius 3 is 2.71 bits per heavy atom. The highest BCUT2D eigenvalue weighted by Gasteiger charge is 2.11. The highest BCUT2D eigenvalue weighted by atomic mass is 16.5. The average molecular weight is 380 g/mol. The summed E-state index contributed by atoms with van der Waals surface area (Å²) in [6.45, 7) is 4.59. The van der Waals surface area contributed by atoms with E-state index in [-0.39, 0.29) is 5.91 Å². The first kappa shape index (κ1) is 19.5. The van der Waals surface area contributed by atoms with Crippen LogP contribution in [0.25, 0.3) is 0 Å². The second-order valence-corrected chi connectivity index (χ2v) is 6.44.